The average Bonchev–Trinajstić information content (AvgIpc) is 3.42. The van der Waals surface area contributed by atoms with Gasteiger partial charge >= 0.3 is 0 Å². The number of carbonyl (C=O) groups excluding carboxylic acids is 4. The number of allylic oxidation sites excluding steroid dienone is 1. The lowest BCUT2D eigenvalue weighted by Gasteiger charge is -2.50. The van der Waals surface area contributed by atoms with Crippen molar-refractivity contribution in [2.75, 3.05) is 38.4 Å². The number of fused-ring (bicyclic) bond motifs is 3. The number of anilines is 2. The maximum absolute atomic E-state index is 14.0. The summed E-state index contributed by atoms with van der Waals surface area (Å²) in [5.41, 5.74) is 2.29. The third kappa shape index (κ3) is 4.03. The van der Waals surface area contributed by atoms with E-state index < -0.39 is 69.7 Å². The molecule has 13 heteroatoms. The first-order valence-corrected chi connectivity index (χ1v) is 13.7. The van der Waals surface area contributed by atoms with Gasteiger partial charge in [0.25, 0.3) is 11.8 Å². The van der Waals surface area contributed by atoms with Crippen molar-refractivity contribution in [1.82, 2.24) is 4.90 Å². The van der Waals surface area contributed by atoms with Gasteiger partial charge in [-0.15, -0.1) is 11.3 Å². The van der Waals surface area contributed by atoms with Crippen molar-refractivity contribution in [1.29, 1.82) is 0 Å². The Morgan fingerprint density at radius 2 is 1.83 bits per heavy atom. The van der Waals surface area contributed by atoms with E-state index in [1.165, 1.54) is 16.2 Å². The number of nitrogens with zero attached hydrogens (tertiary/aromatic N) is 2. The number of ketones is 2. The predicted molar refractivity (Wildman–Crippen MR) is 150 cm³/mol. The molecule has 3 aliphatic rings. The molecule has 0 fully saturated rings. The highest BCUT2D eigenvalue weighted by Gasteiger charge is 2.63. The first-order valence-electron chi connectivity index (χ1n) is 12.8. The molecule has 7 N–H and O–H groups in total. The maximum atomic E-state index is 14.0. The van der Waals surface area contributed by atoms with Crippen molar-refractivity contribution in [3.8, 4) is 5.75 Å². The van der Waals surface area contributed by atoms with Crippen LogP contribution in [0.5, 0.6) is 5.75 Å². The van der Waals surface area contributed by atoms with E-state index in [0.717, 1.165) is 0 Å². The van der Waals surface area contributed by atoms with Crippen LogP contribution in [0.2, 0.25) is 0 Å². The number of phenolic OH excluding ortho intramolecular Hbond substituents is 1. The molecule has 0 radical (unpaired) electrons. The number of phenols is 1. The molecule has 5 rings (SSSR count). The van der Waals surface area contributed by atoms with Crippen LogP contribution < -0.4 is 16.0 Å². The summed E-state index contributed by atoms with van der Waals surface area (Å²) < 4.78 is 0. The molecule has 1 aromatic heterocycles. The highest BCUT2D eigenvalue weighted by atomic mass is 32.1. The topological polar surface area (TPSA) is 194 Å². The van der Waals surface area contributed by atoms with Crippen molar-refractivity contribution in [3.63, 3.8) is 0 Å². The van der Waals surface area contributed by atoms with E-state index >= 15 is 0 Å². The van der Waals surface area contributed by atoms with Crippen LogP contribution in [0.15, 0.2) is 46.2 Å². The Morgan fingerprint density at radius 1 is 1.15 bits per heavy atom. The SMILES string of the molecule is CN(C)c1cc(NC(=O)c2cccs2)c(O)c2c1CC1CC3[C@H](N(C)C)C(O)=C(C(N)=O)C(=O)[C@@]3(O)C(O)=C1C2=O. The van der Waals surface area contributed by atoms with Crippen LogP contribution in [0.4, 0.5) is 11.4 Å². The number of hydrogen-bond acceptors (Lipinski definition) is 11. The van der Waals surface area contributed by atoms with Gasteiger partial charge in [-0.3, -0.25) is 24.1 Å². The number of rotatable bonds is 5. The van der Waals surface area contributed by atoms with Gasteiger partial charge in [0.2, 0.25) is 5.78 Å². The van der Waals surface area contributed by atoms with Crippen molar-refractivity contribution in [2.45, 2.75) is 24.5 Å². The Kier molecular flexibility index (Phi) is 6.71. The molecule has 0 bridgehead atoms. The molecule has 1 heterocycles. The van der Waals surface area contributed by atoms with Crippen molar-refractivity contribution < 1.29 is 39.6 Å². The van der Waals surface area contributed by atoms with E-state index in [0.29, 0.717) is 16.1 Å². The van der Waals surface area contributed by atoms with Crippen molar-refractivity contribution >= 4 is 46.1 Å². The van der Waals surface area contributed by atoms with E-state index in [-0.39, 0.29) is 29.7 Å². The summed E-state index contributed by atoms with van der Waals surface area (Å²) in [6, 6.07) is 3.79. The average molecular weight is 583 g/mol. The van der Waals surface area contributed by atoms with E-state index in [4.69, 9.17) is 5.73 Å². The van der Waals surface area contributed by atoms with E-state index in [1.807, 2.05) is 0 Å². The molecule has 2 unspecified atom stereocenters. The number of Topliss-reactive ketones (excluding diaryl/α,β-unsaturated/α-hetero) is 2. The quantitative estimate of drug-likeness (QED) is 0.222. The third-order valence-electron chi connectivity index (χ3n) is 8.17. The fourth-order valence-corrected chi connectivity index (χ4v) is 7.00. The minimum atomic E-state index is -2.73. The van der Waals surface area contributed by atoms with Crippen LogP contribution in [0, 0.1) is 11.8 Å². The summed E-state index contributed by atoms with van der Waals surface area (Å²) >= 11 is 1.20. The second kappa shape index (κ2) is 9.72. The number of nitrogens with one attached hydrogen (secondary N) is 1. The van der Waals surface area contributed by atoms with Gasteiger partial charge in [0, 0.05) is 31.3 Å². The van der Waals surface area contributed by atoms with Crippen LogP contribution >= 0.6 is 11.3 Å². The minimum Gasteiger partial charge on any atom is -0.510 e. The molecule has 12 nitrogen and oxygen atoms in total. The summed E-state index contributed by atoms with van der Waals surface area (Å²) in [4.78, 5) is 56.0. The summed E-state index contributed by atoms with van der Waals surface area (Å²) in [7, 11) is 6.62. The molecular formula is C28H30N4O8S. The fourth-order valence-electron chi connectivity index (χ4n) is 6.38. The van der Waals surface area contributed by atoms with Gasteiger partial charge in [-0.25, -0.2) is 0 Å². The number of carbonyl (C=O) groups is 4. The minimum absolute atomic E-state index is 0.0176. The Hall–Kier alpha value is -4.20. The number of hydrogen-bond donors (Lipinski definition) is 6. The van der Waals surface area contributed by atoms with Crippen molar-refractivity contribution in [2.24, 2.45) is 17.6 Å². The molecule has 2 amide bonds. The monoisotopic (exact) mass is 582 g/mol. The number of primary amides is 1. The first-order chi connectivity index (χ1) is 19.2. The molecule has 0 saturated heterocycles. The Morgan fingerprint density at radius 3 is 2.39 bits per heavy atom. The molecule has 0 aliphatic heterocycles. The Labute approximate surface area is 239 Å². The van der Waals surface area contributed by atoms with Crippen LogP contribution in [0.1, 0.15) is 32.0 Å². The number of aromatic hydroxyl groups is 1. The zero-order valence-corrected chi connectivity index (χ0v) is 23.6. The van der Waals surface area contributed by atoms with E-state index in [2.05, 4.69) is 5.32 Å². The zero-order chi connectivity index (χ0) is 30.1. The number of nitrogens with two attached hydrogens (primary N) is 1. The van der Waals surface area contributed by atoms with E-state index in [9.17, 15) is 39.6 Å². The number of thiophene rings is 1. The molecule has 3 aliphatic carbocycles. The molecule has 4 atom stereocenters. The molecule has 41 heavy (non-hydrogen) atoms. The smallest absolute Gasteiger partial charge is 0.265 e. The van der Waals surface area contributed by atoms with Gasteiger partial charge in [-0.05, 0) is 55.9 Å². The van der Waals surface area contributed by atoms with Crippen LogP contribution in [-0.2, 0) is 16.0 Å². The van der Waals surface area contributed by atoms with E-state index in [1.54, 1.807) is 56.7 Å². The van der Waals surface area contributed by atoms with Gasteiger partial charge in [-0.2, -0.15) is 0 Å². The van der Waals surface area contributed by atoms with Crippen LogP contribution in [0.3, 0.4) is 0 Å². The van der Waals surface area contributed by atoms with Crippen LogP contribution in [-0.4, -0.2) is 88.5 Å². The summed E-state index contributed by atoms with van der Waals surface area (Å²) in [6.07, 6.45) is 0.116. The number of aliphatic hydroxyl groups is 3. The van der Waals surface area contributed by atoms with Gasteiger partial charge in [0.1, 0.15) is 17.1 Å². The number of aliphatic hydroxyl groups excluding tert-OH is 2. The number of benzene rings is 1. The second-order valence-electron chi connectivity index (χ2n) is 10.9. The number of likely N-dealkylation sites (N-methyl/N-ethyl adjacent to an activating group) is 1. The van der Waals surface area contributed by atoms with Gasteiger partial charge in [0.05, 0.1) is 22.2 Å². The van der Waals surface area contributed by atoms with Crippen molar-refractivity contribution in [3.05, 3.63) is 62.2 Å². The predicted octanol–water partition coefficient (Wildman–Crippen LogP) is 1.50. The molecule has 2 aromatic rings. The van der Waals surface area contributed by atoms with Gasteiger partial charge < -0.3 is 36.4 Å². The highest BCUT2D eigenvalue weighted by molar-refractivity contribution is 7.12. The molecular weight excluding hydrogens is 552 g/mol. The highest BCUT2D eigenvalue weighted by Crippen LogP contribution is 2.54. The van der Waals surface area contributed by atoms with Gasteiger partial charge in [-0.1, -0.05) is 6.07 Å². The van der Waals surface area contributed by atoms with Gasteiger partial charge in [0.15, 0.2) is 17.1 Å². The first kappa shape index (κ1) is 28.3. The third-order valence-corrected chi connectivity index (χ3v) is 9.04. The lowest BCUT2D eigenvalue weighted by atomic mass is 9.58. The van der Waals surface area contributed by atoms with Crippen LogP contribution in [0.25, 0.3) is 0 Å². The lowest BCUT2D eigenvalue weighted by molar-refractivity contribution is -0.148. The summed E-state index contributed by atoms with van der Waals surface area (Å²) in [6.45, 7) is 0. The Balaban J connectivity index is 1.69. The summed E-state index contributed by atoms with van der Waals surface area (Å²) in [5, 5.41) is 49.7. The molecule has 216 valence electrons. The Bertz CT molecular complexity index is 1580. The fraction of sp³-hybridized carbons (Fsp3) is 0.357. The molecule has 0 spiro atoms. The molecule has 0 saturated carbocycles. The number of amides is 2. The standard InChI is InChI=1S/C28H30N4O8S/c1-31(2)15-10-14(30-27(39)16-6-5-7-41-16)21(33)18-12(15)8-11-9-13-20(32(3)4)23(35)19(26(29)38)25(37)28(13,40)24(36)17(11)22(18)34/h5-7,10-11,13,20,33,35-36,40H,8-9H2,1-4H3,(H2,29,38)(H,30,39)/t11?,13?,20-,28-/m0/s1. The second-order valence-corrected chi connectivity index (χ2v) is 11.9. The molecule has 1 aromatic carbocycles. The largest absolute Gasteiger partial charge is 0.510 e. The maximum Gasteiger partial charge on any atom is 0.265 e. The summed E-state index contributed by atoms with van der Waals surface area (Å²) in [5.74, 6) is -7.83. The normalized spacial score (nSPS) is 25.6. The zero-order valence-electron chi connectivity index (χ0n) is 22.8. The lowest BCUT2D eigenvalue weighted by Crippen LogP contribution is -2.63.